The van der Waals surface area contributed by atoms with Crippen molar-refractivity contribution >= 4 is 5.97 Å². The number of carbonyl (C=O) groups is 1. The van der Waals surface area contributed by atoms with Gasteiger partial charge in [-0.1, -0.05) is 6.08 Å². The van der Waals surface area contributed by atoms with Crippen LogP contribution in [0.1, 0.15) is 10.4 Å². The molecule has 21 heavy (non-hydrogen) atoms. The zero-order valence-corrected chi connectivity index (χ0v) is 11.8. The summed E-state index contributed by atoms with van der Waals surface area (Å²) in [4.78, 5) is 12.2. The van der Waals surface area contributed by atoms with Gasteiger partial charge in [0.15, 0.2) is 12.4 Å². The average Bonchev–Trinajstić information content (AvgIpc) is 2.92. The molecular weight excluding hydrogens is 276 g/mol. The molecule has 1 aromatic rings. The van der Waals surface area contributed by atoms with E-state index >= 15 is 0 Å². The summed E-state index contributed by atoms with van der Waals surface area (Å²) in [5, 5.41) is 0. The number of rotatable bonds is 4. The molecule has 0 aromatic heterocycles. The number of benzene rings is 1. The highest BCUT2D eigenvalue weighted by Gasteiger charge is 2.36. The van der Waals surface area contributed by atoms with Crippen molar-refractivity contribution in [1.82, 2.24) is 0 Å². The normalized spacial score (nSPS) is 26.5. The van der Waals surface area contributed by atoms with Crippen LogP contribution in [-0.2, 0) is 14.2 Å². The molecule has 112 valence electrons. The van der Waals surface area contributed by atoms with Crippen molar-refractivity contribution in [2.45, 2.75) is 18.5 Å². The molecule has 6 heteroatoms. The summed E-state index contributed by atoms with van der Waals surface area (Å²) in [5.74, 6) is 0.558. The molecule has 1 aromatic carbocycles. The van der Waals surface area contributed by atoms with Crippen LogP contribution in [-0.4, -0.2) is 45.3 Å². The lowest BCUT2D eigenvalue weighted by molar-refractivity contribution is -0.119. The molecule has 0 radical (unpaired) electrons. The van der Waals surface area contributed by atoms with Crippen LogP contribution in [0, 0.1) is 0 Å². The molecule has 6 nitrogen and oxygen atoms in total. The second kappa shape index (κ2) is 5.75. The van der Waals surface area contributed by atoms with Gasteiger partial charge in [-0.05, 0) is 18.2 Å². The maximum atomic E-state index is 12.2. The van der Waals surface area contributed by atoms with E-state index in [2.05, 4.69) is 0 Å². The molecule has 2 aliphatic heterocycles. The van der Waals surface area contributed by atoms with Gasteiger partial charge < -0.3 is 23.7 Å². The summed E-state index contributed by atoms with van der Waals surface area (Å²) in [7, 11) is 3.04. The lowest BCUT2D eigenvalue weighted by Gasteiger charge is -2.22. The first-order valence-electron chi connectivity index (χ1n) is 6.59. The quantitative estimate of drug-likeness (QED) is 0.619. The van der Waals surface area contributed by atoms with Crippen LogP contribution in [0.15, 0.2) is 30.4 Å². The highest BCUT2D eigenvalue weighted by Crippen LogP contribution is 2.26. The van der Waals surface area contributed by atoms with Gasteiger partial charge in [0.05, 0.1) is 26.4 Å². The van der Waals surface area contributed by atoms with E-state index < -0.39 is 18.4 Å². The highest BCUT2D eigenvalue weighted by atomic mass is 16.7. The second-order valence-corrected chi connectivity index (χ2v) is 4.73. The Labute approximate surface area is 122 Å². The molecule has 2 aliphatic rings. The van der Waals surface area contributed by atoms with E-state index in [1.54, 1.807) is 24.3 Å². The lowest BCUT2D eigenvalue weighted by atomic mass is 10.2. The smallest absolute Gasteiger partial charge is 0.339 e. The Morgan fingerprint density at radius 2 is 1.86 bits per heavy atom. The number of ether oxygens (including phenoxy) is 5. The summed E-state index contributed by atoms with van der Waals surface area (Å²) in [6.45, 7) is 0.488. The highest BCUT2D eigenvalue weighted by molar-refractivity contribution is 5.90. The Morgan fingerprint density at radius 1 is 1.14 bits per heavy atom. The summed E-state index contributed by atoms with van der Waals surface area (Å²) >= 11 is 0. The van der Waals surface area contributed by atoms with E-state index in [9.17, 15) is 4.79 Å². The number of carbonyl (C=O) groups excluding carboxylic acids is 1. The van der Waals surface area contributed by atoms with Gasteiger partial charge in [0, 0.05) is 6.07 Å². The third-order valence-corrected chi connectivity index (χ3v) is 3.35. The summed E-state index contributed by atoms with van der Waals surface area (Å²) in [6.07, 6.45) is 2.51. The van der Waals surface area contributed by atoms with E-state index in [-0.39, 0.29) is 6.10 Å². The molecule has 0 amide bonds. The fraction of sp³-hybridized carbons (Fsp3) is 0.400. The average molecular weight is 292 g/mol. The van der Waals surface area contributed by atoms with Crippen molar-refractivity contribution < 1.29 is 28.5 Å². The first kappa shape index (κ1) is 13.9. The van der Waals surface area contributed by atoms with Gasteiger partial charge in [0.25, 0.3) is 0 Å². The molecule has 0 N–H and O–H groups in total. The maximum Gasteiger partial charge on any atom is 0.339 e. The number of methoxy groups -OCH3 is 2. The van der Waals surface area contributed by atoms with Crippen molar-refractivity contribution in [2.24, 2.45) is 0 Å². The molecule has 2 bridgehead atoms. The fourth-order valence-corrected chi connectivity index (χ4v) is 2.25. The minimum absolute atomic E-state index is 0.0399. The van der Waals surface area contributed by atoms with Crippen molar-refractivity contribution in [1.29, 1.82) is 0 Å². The van der Waals surface area contributed by atoms with Crippen molar-refractivity contribution in [3.8, 4) is 11.5 Å². The molecule has 3 atom stereocenters. The van der Waals surface area contributed by atoms with E-state index in [0.717, 1.165) is 0 Å². The van der Waals surface area contributed by atoms with Crippen LogP contribution >= 0.6 is 0 Å². The minimum atomic E-state index is -0.548. The molecule has 1 fully saturated rings. The molecule has 0 unspecified atom stereocenters. The molecule has 0 aliphatic carbocycles. The Balaban J connectivity index is 1.76. The van der Waals surface area contributed by atoms with Gasteiger partial charge in [0.1, 0.15) is 17.6 Å². The van der Waals surface area contributed by atoms with Crippen LogP contribution in [0.5, 0.6) is 11.5 Å². The van der Waals surface area contributed by atoms with Crippen molar-refractivity contribution in [3.05, 3.63) is 35.9 Å². The van der Waals surface area contributed by atoms with Crippen LogP contribution in [0.3, 0.4) is 0 Å². The zero-order valence-electron chi connectivity index (χ0n) is 11.8. The monoisotopic (exact) mass is 292 g/mol. The van der Waals surface area contributed by atoms with Gasteiger partial charge in [-0.2, -0.15) is 0 Å². The van der Waals surface area contributed by atoms with E-state index in [1.165, 1.54) is 14.2 Å². The summed E-state index contributed by atoms with van der Waals surface area (Å²) in [5.41, 5.74) is 0.347. The third kappa shape index (κ3) is 2.86. The first-order valence-corrected chi connectivity index (χ1v) is 6.59. The minimum Gasteiger partial charge on any atom is -0.497 e. The first-order chi connectivity index (χ1) is 10.2. The molecule has 3 rings (SSSR count). The van der Waals surface area contributed by atoms with Crippen LogP contribution in [0.2, 0.25) is 0 Å². The SMILES string of the molecule is COc1cc(OC)cc(C(=O)O[C@@H]2C=C[C@H]3CO[C@@H]2O3)c1. The van der Waals surface area contributed by atoms with Gasteiger partial charge >= 0.3 is 5.97 Å². The number of esters is 1. The summed E-state index contributed by atoms with van der Waals surface area (Å²) in [6, 6.07) is 4.87. The standard InChI is InChI=1S/C15H16O6/c1-17-11-5-9(6-12(7-11)18-2)14(16)21-13-4-3-10-8-19-15(13)20-10/h3-7,10,13,15H,8H2,1-2H3/t10-,13+,15+/m0/s1. The fourth-order valence-electron chi connectivity index (χ4n) is 2.25. The third-order valence-electron chi connectivity index (χ3n) is 3.35. The van der Waals surface area contributed by atoms with Gasteiger partial charge in [-0.25, -0.2) is 4.79 Å². The van der Waals surface area contributed by atoms with Gasteiger partial charge in [0.2, 0.25) is 0 Å². The molecule has 0 saturated carbocycles. The predicted octanol–water partition coefficient (Wildman–Crippen LogP) is 1.54. The second-order valence-electron chi connectivity index (χ2n) is 4.73. The topological polar surface area (TPSA) is 63.2 Å². The molecular formula is C15H16O6. The Kier molecular flexibility index (Phi) is 3.81. The Bertz CT molecular complexity index is 545. The van der Waals surface area contributed by atoms with Crippen molar-refractivity contribution in [2.75, 3.05) is 20.8 Å². The van der Waals surface area contributed by atoms with Crippen LogP contribution < -0.4 is 9.47 Å². The molecule has 0 spiro atoms. The largest absolute Gasteiger partial charge is 0.497 e. The van der Waals surface area contributed by atoms with E-state index in [4.69, 9.17) is 23.7 Å². The Hall–Kier alpha value is -2.05. The Morgan fingerprint density at radius 3 is 2.52 bits per heavy atom. The number of hydrogen-bond acceptors (Lipinski definition) is 6. The van der Waals surface area contributed by atoms with Gasteiger partial charge in [-0.15, -0.1) is 0 Å². The van der Waals surface area contributed by atoms with E-state index in [0.29, 0.717) is 23.7 Å². The molecule has 2 heterocycles. The van der Waals surface area contributed by atoms with Gasteiger partial charge in [-0.3, -0.25) is 0 Å². The molecule has 1 saturated heterocycles. The van der Waals surface area contributed by atoms with Crippen LogP contribution in [0.4, 0.5) is 0 Å². The number of hydrogen-bond donors (Lipinski definition) is 0. The van der Waals surface area contributed by atoms with Crippen molar-refractivity contribution in [3.63, 3.8) is 0 Å². The van der Waals surface area contributed by atoms with Crippen LogP contribution in [0.25, 0.3) is 0 Å². The lowest BCUT2D eigenvalue weighted by Crippen LogP contribution is -2.33. The number of fused-ring (bicyclic) bond motifs is 2. The predicted molar refractivity (Wildman–Crippen MR) is 72.5 cm³/mol. The van der Waals surface area contributed by atoms with E-state index in [1.807, 2.05) is 6.08 Å². The zero-order chi connectivity index (χ0) is 14.8. The summed E-state index contributed by atoms with van der Waals surface area (Å²) < 4.78 is 26.6. The maximum absolute atomic E-state index is 12.2.